The minimum atomic E-state index is -2.81. The van der Waals surface area contributed by atoms with Crippen molar-refractivity contribution in [3.8, 4) is 0 Å². The molecule has 0 amide bonds. The van der Waals surface area contributed by atoms with Crippen molar-refractivity contribution in [2.45, 2.75) is 0 Å². The molecule has 0 radical (unpaired) electrons. The molecule has 0 bridgehead atoms. The van der Waals surface area contributed by atoms with E-state index in [1.807, 2.05) is 0 Å². The minimum absolute atomic E-state index is 0.294. The van der Waals surface area contributed by atoms with Crippen molar-refractivity contribution in [3.05, 3.63) is 40.4 Å². The molecule has 0 aromatic heterocycles. The third-order valence-electron chi connectivity index (χ3n) is 1.19. The normalized spacial score (nSPS) is 12.4. The Bertz CT molecular complexity index is 285. The molecule has 0 aliphatic carbocycles. The van der Waals surface area contributed by atoms with Crippen LogP contribution in [0.25, 0.3) is 0 Å². The summed E-state index contributed by atoms with van der Waals surface area (Å²) < 4.78 is 10.1. The van der Waals surface area contributed by atoms with E-state index in [0.29, 0.717) is 5.30 Å². The fourth-order valence-corrected chi connectivity index (χ4v) is 1.37. The van der Waals surface area contributed by atoms with E-state index in [1.165, 1.54) is 12.1 Å². The molecule has 0 heterocycles. The second-order valence-electron chi connectivity index (χ2n) is 1.93. The topological polar surface area (TPSA) is 60.2 Å². The van der Waals surface area contributed by atoms with Crippen LogP contribution in [0.5, 0.6) is 0 Å². The molecule has 4 nitrogen and oxygen atoms in total. The van der Waals surface area contributed by atoms with Gasteiger partial charge in [0, 0.05) is 0 Å². The summed E-state index contributed by atoms with van der Waals surface area (Å²) in [5, 5.41) is 10.3. The van der Waals surface area contributed by atoms with Gasteiger partial charge in [-0.2, -0.15) is 0 Å². The molecule has 0 spiro atoms. The lowest BCUT2D eigenvalue weighted by atomic mass is 10.4. The first-order chi connectivity index (χ1) is 5.22. The Morgan fingerprint density at radius 3 is 2.27 bits per heavy atom. The first-order valence-electron chi connectivity index (χ1n) is 2.95. The zero-order chi connectivity index (χ0) is 8.27. The standard InChI is InChI=1S/C6H6NO3P/c8-7(9)11(10)6-4-2-1-3-5-6/h1-5,11H. The van der Waals surface area contributed by atoms with Gasteiger partial charge < -0.3 is 0 Å². The molecule has 1 atom stereocenters. The molecule has 0 saturated carbocycles. The van der Waals surface area contributed by atoms with Crippen molar-refractivity contribution in [2.24, 2.45) is 0 Å². The summed E-state index contributed by atoms with van der Waals surface area (Å²) in [4.78, 5) is 10.0. The van der Waals surface area contributed by atoms with Crippen molar-refractivity contribution in [1.82, 2.24) is 0 Å². The average molecular weight is 171 g/mol. The summed E-state index contributed by atoms with van der Waals surface area (Å²) in [7, 11) is -2.81. The molecule has 0 aliphatic rings. The third-order valence-corrected chi connectivity index (χ3v) is 2.35. The van der Waals surface area contributed by atoms with Gasteiger partial charge in [-0.05, 0) is 12.1 Å². The van der Waals surface area contributed by atoms with Gasteiger partial charge in [-0.1, -0.05) is 18.2 Å². The fourth-order valence-electron chi connectivity index (χ4n) is 0.686. The van der Waals surface area contributed by atoms with E-state index >= 15 is 0 Å². The summed E-state index contributed by atoms with van der Waals surface area (Å²) in [5.74, 6) is 0. The molecule has 0 saturated heterocycles. The van der Waals surface area contributed by atoms with Crippen LogP contribution in [0.1, 0.15) is 0 Å². The zero-order valence-electron chi connectivity index (χ0n) is 5.56. The molecule has 1 unspecified atom stereocenters. The SMILES string of the molecule is O=[N+]([O-])[PH](=O)c1ccccc1. The highest BCUT2D eigenvalue weighted by Gasteiger charge is 2.11. The maximum Gasteiger partial charge on any atom is 0.392 e. The van der Waals surface area contributed by atoms with E-state index in [4.69, 9.17) is 0 Å². The predicted octanol–water partition coefficient (Wildman–Crippen LogP) is 1.06. The number of hydrogen-bond donors (Lipinski definition) is 0. The van der Waals surface area contributed by atoms with Gasteiger partial charge in [0.15, 0.2) is 0 Å². The van der Waals surface area contributed by atoms with Crippen molar-refractivity contribution in [2.75, 3.05) is 0 Å². The van der Waals surface area contributed by atoms with E-state index < -0.39 is 12.6 Å². The lowest BCUT2D eigenvalue weighted by Gasteiger charge is -1.91. The van der Waals surface area contributed by atoms with E-state index in [9.17, 15) is 14.7 Å². The molecule has 1 rings (SSSR count). The van der Waals surface area contributed by atoms with Gasteiger partial charge in [0.1, 0.15) is 0 Å². The Balaban J connectivity index is 2.95. The van der Waals surface area contributed by atoms with E-state index in [2.05, 4.69) is 0 Å². The van der Waals surface area contributed by atoms with Gasteiger partial charge in [-0.15, -0.1) is 0 Å². The second kappa shape index (κ2) is 3.30. The van der Waals surface area contributed by atoms with Gasteiger partial charge >= 0.3 is 7.95 Å². The summed E-state index contributed by atoms with van der Waals surface area (Å²) >= 11 is 0. The molecule has 0 fully saturated rings. The van der Waals surface area contributed by atoms with Crippen LogP contribution < -0.4 is 5.30 Å². The van der Waals surface area contributed by atoms with Crippen LogP contribution in [-0.2, 0) is 4.57 Å². The zero-order valence-corrected chi connectivity index (χ0v) is 6.56. The Morgan fingerprint density at radius 2 is 1.82 bits per heavy atom. The highest BCUT2D eigenvalue weighted by Crippen LogP contribution is 2.18. The first kappa shape index (κ1) is 7.95. The van der Waals surface area contributed by atoms with Crippen molar-refractivity contribution < 1.29 is 9.26 Å². The highest BCUT2D eigenvalue weighted by molar-refractivity contribution is 7.46. The molecule has 1 aromatic rings. The fraction of sp³-hybridized carbons (Fsp3) is 0. The van der Waals surface area contributed by atoms with E-state index in [-0.39, 0.29) is 0 Å². The van der Waals surface area contributed by atoms with Gasteiger partial charge in [-0.3, -0.25) is 10.1 Å². The van der Waals surface area contributed by atoms with Gasteiger partial charge in [0.05, 0.1) is 10.00 Å². The van der Waals surface area contributed by atoms with E-state index in [0.717, 1.165) is 0 Å². The van der Waals surface area contributed by atoms with Gasteiger partial charge in [0.2, 0.25) is 0 Å². The van der Waals surface area contributed by atoms with Crippen LogP contribution in [0.15, 0.2) is 30.3 Å². The lowest BCUT2D eigenvalue weighted by Crippen LogP contribution is -1.99. The quantitative estimate of drug-likeness (QED) is 0.379. The van der Waals surface area contributed by atoms with Crippen molar-refractivity contribution in [1.29, 1.82) is 0 Å². The summed E-state index contributed by atoms with van der Waals surface area (Å²) in [5.41, 5.74) is 0. The maximum atomic E-state index is 10.8. The number of nitro groups is 1. The van der Waals surface area contributed by atoms with Crippen molar-refractivity contribution in [3.63, 3.8) is 0 Å². The van der Waals surface area contributed by atoms with Crippen LogP contribution in [-0.4, -0.2) is 4.69 Å². The largest absolute Gasteiger partial charge is 0.392 e. The number of rotatable bonds is 2. The number of hydrogen-bond acceptors (Lipinski definition) is 3. The van der Waals surface area contributed by atoms with Crippen LogP contribution in [0.2, 0.25) is 0 Å². The van der Waals surface area contributed by atoms with Crippen LogP contribution in [0.4, 0.5) is 0 Å². The number of nitrogens with zero attached hydrogens (tertiary/aromatic N) is 1. The summed E-state index contributed by atoms with van der Waals surface area (Å²) in [6, 6.07) is 7.95. The lowest BCUT2D eigenvalue weighted by molar-refractivity contribution is -0.303. The minimum Gasteiger partial charge on any atom is -0.261 e. The van der Waals surface area contributed by atoms with E-state index in [1.54, 1.807) is 18.2 Å². The van der Waals surface area contributed by atoms with Crippen LogP contribution >= 0.6 is 7.95 Å². The Hall–Kier alpha value is -1.15. The summed E-state index contributed by atoms with van der Waals surface area (Å²) in [6.07, 6.45) is 0. The van der Waals surface area contributed by atoms with Gasteiger partial charge in [-0.25, -0.2) is 4.57 Å². The molecule has 0 N–H and O–H groups in total. The molecule has 1 aromatic carbocycles. The molecule has 0 aliphatic heterocycles. The maximum absolute atomic E-state index is 10.8. The Morgan fingerprint density at radius 1 is 1.27 bits per heavy atom. The molecular weight excluding hydrogens is 165 g/mol. The smallest absolute Gasteiger partial charge is 0.261 e. The second-order valence-corrected chi connectivity index (χ2v) is 3.48. The first-order valence-corrected chi connectivity index (χ1v) is 4.31. The molecule has 58 valence electrons. The van der Waals surface area contributed by atoms with Crippen molar-refractivity contribution >= 4 is 13.3 Å². The Labute approximate surface area is 63.8 Å². The Kier molecular flexibility index (Phi) is 2.39. The molecular formula is C6H6NO3P. The summed E-state index contributed by atoms with van der Waals surface area (Å²) in [6.45, 7) is 0. The third kappa shape index (κ3) is 1.88. The molecule has 5 heteroatoms. The average Bonchev–Trinajstić information content (AvgIpc) is 2.05. The number of benzene rings is 1. The highest BCUT2D eigenvalue weighted by atomic mass is 31.1. The molecule has 11 heavy (non-hydrogen) atoms. The predicted molar refractivity (Wildman–Crippen MR) is 42.1 cm³/mol. The van der Waals surface area contributed by atoms with Crippen LogP contribution in [0, 0.1) is 10.1 Å². The monoisotopic (exact) mass is 171 g/mol. The van der Waals surface area contributed by atoms with Crippen LogP contribution in [0.3, 0.4) is 0 Å². The van der Waals surface area contributed by atoms with Gasteiger partial charge in [0.25, 0.3) is 0 Å².